The fourth-order valence-corrected chi connectivity index (χ4v) is 3.90. The molecule has 3 aromatic heterocycles. The lowest BCUT2D eigenvalue weighted by molar-refractivity contribution is 0.395. The molecule has 3 aromatic rings. The molecule has 8 heteroatoms. The Bertz CT molecular complexity index is 751. The molecule has 1 atom stereocenters. The Morgan fingerprint density at radius 2 is 2.25 bits per heavy atom. The van der Waals surface area contributed by atoms with Crippen molar-refractivity contribution in [2.45, 2.75) is 38.1 Å². The highest BCUT2D eigenvalue weighted by molar-refractivity contribution is 7.20. The molecule has 1 aliphatic rings. The summed E-state index contributed by atoms with van der Waals surface area (Å²) >= 11 is 3.11. The van der Waals surface area contributed by atoms with Crippen LogP contribution in [0, 0.1) is 0 Å². The molecule has 20 heavy (non-hydrogen) atoms. The van der Waals surface area contributed by atoms with Crippen molar-refractivity contribution in [1.29, 1.82) is 0 Å². The zero-order chi connectivity index (χ0) is 13.7. The molecule has 0 saturated heterocycles. The molecule has 104 valence electrons. The van der Waals surface area contributed by atoms with Crippen LogP contribution in [0.2, 0.25) is 0 Å². The third-order valence-electron chi connectivity index (χ3n) is 3.62. The molecule has 0 spiro atoms. The Morgan fingerprint density at radius 1 is 1.40 bits per heavy atom. The molecular formula is C12H14N6S2. The minimum Gasteiger partial charge on any atom is -0.322 e. The van der Waals surface area contributed by atoms with Crippen LogP contribution in [0.15, 0.2) is 5.38 Å². The van der Waals surface area contributed by atoms with Gasteiger partial charge in [-0.1, -0.05) is 17.8 Å². The largest absolute Gasteiger partial charge is 0.322 e. The zero-order valence-corrected chi connectivity index (χ0v) is 12.6. The second kappa shape index (κ2) is 4.57. The molecule has 0 radical (unpaired) electrons. The van der Waals surface area contributed by atoms with E-state index in [2.05, 4.69) is 20.3 Å². The van der Waals surface area contributed by atoms with Gasteiger partial charge in [0.15, 0.2) is 10.8 Å². The van der Waals surface area contributed by atoms with E-state index in [1.54, 1.807) is 11.3 Å². The van der Waals surface area contributed by atoms with Crippen molar-refractivity contribution in [3.05, 3.63) is 16.2 Å². The molecule has 1 aliphatic carbocycles. The number of hydrogen-bond acceptors (Lipinski definition) is 7. The van der Waals surface area contributed by atoms with Crippen molar-refractivity contribution in [1.82, 2.24) is 24.8 Å². The topological polar surface area (TPSA) is 82.0 Å². The second-order valence-electron chi connectivity index (χ2n) is 5.15. The molecule has 1 fully saturated rings. The van der Waals surface area contributed by atoms with Gasteiger partial charge in [0.2, 0.25) is 4.96 Å². The Kier molecular flexibility index (Phi) is 2.83. The van der Waals surface area contributed by atoms with E-state index in [1.165, 1.54) is 30.6 Å². The molecule has 0 amide bonds. The van der Waals surface area contributed by atoms with Crippen LogP contribution in [0.3, 0.4) is 0 Å². The molecule has 0 aromatic carbocycles. The molecule has 0 bridgehead atoms. The fraction of sp³-hybridized carbons (Fsp3) is 0.500. The number of hydrogen-bond donors (Lipinski definition) is 1. The summed E-state index contributed by atoms with van der Waals surface area (Å²) in [6.07, 6.45) is 3.67. The zero-order valence-electron chi connectivity index (χ0n) is 11.0. The first-order chi connectivity index (χ1) is 9.72. The lowest BCUT2D eigenvalue weighted by Gasteiger charge is -2.22. The first-order valence-electron chi connectivity index (χ1n) is 6.66. The number of fused-ring (bicyclic) bond motifs is 1. The first kappa shape index (κ1) is 12.4. The molecule has 1 unspecified atom stereocenters. The average Bonchev–Trinajstić information content (AvgIpc) is 3.00. The van der Waals surface area contributed by atoms with E-state index in [0.717, 1.165) is 26.5 Å². The number of thiazole rings is 1. The van der Waals surface area contributed by atoms with Crippen LogP contribution in [0.25, 0.3) is 15.7 Å². The first-order valence-corrected chi connectivity index (χ1v) is 8.35. The van der Waals surface area contributed by atoms with E-state index in [4.69, 9.17) is 5.73 Å². The highest BCUT2D eigenvalue weighted by atomic mass is 32.1. The van der Waals surface area contributed by atoms with Crippen molar-refractivity contribution >= 4 is 27.6 Å². The minimum absolute atomic E-state index is 0.0370. The standard InChI is InChI=1S/C12H14N6S2/c1-6(13)10-14-8(5-19-10)11-17-18-9(7-3-2-4-7)15-16-12(18)20-11/h5-7H,2-4,13H2,1H3. The number of rotatable bonds is 3. The maximum atomic E-state index is 5.85. The third kappa shape index (κ3) is 1.87. The summed E-state index contributed by atoms with van der Waals surface area (Å²) in [7, 11) is 0. The minimum atomic E-state index is -0.0370. The Hall–Kier alpha value is -1.38. The normalized spacial score (nSPS) is 17.5. The lowest BCUT2D eigenvalue weighted by atomic mass is 9.85. The Morgan fingerprint density at radius 3 is 2.90 bits per heavy atom. The summed E-state index contributed by atoms with van der Waals surface area (Å²) in [4.78, 5) is 5.39. The van der Waals surface area contributed by atoms with Gasteiger partial charge < -0.3 is 5.73 Å². The smallest absolute Gasteiger partial charge is 0.235 e. The number of nitrogens with zero attached hydrogens (tertiary/aromatic N) is 5. The fourth-order valence-electron chi connectivity index (χ4n) is 2.25. The Labute approximate surface area is 123 Å². The second-order valence-corrected chi connectivity index (χ2v) is 6.99. The van der Waals surface area contributed by atoms with E-state index in [-0.39, 0.29) is 6.04 Å². The van der Waals surface area contributed by atoms with Crippen LogP contribution < -0.4 is 5.73 Å². The van der Waals surface area contributed by atoms with Gasteiger partial charge in [-0.05, 0) is 19.8 Å². The van der Waals surface area contributed by atoms with Crippen LogP contribution in [0.1, 0.15) is 49.0 Å². The quantitative estimate of drug-likeness (QED) is 0.804. The summed E-state index contributed by atoms with van der Waals surface area (Å²) < 4.78 is 1.88. The van der Waals surface area contributed by atoms with Gasteiger partial charge in [-0.3, -0.25) is 0 Å². The SMILES string of the molecule is CC(N)c1nc(-c2nn3c(C4CCC4)nnc3s2)cs1. The van der Waals surface area contributed by atoms with Gasteiger partial charge in [-0.2, -0.15) is 9.61 Å². The molecule has 6 nitrogen and oxygen atoms in total. The van der Waals surface area contributed by atoms with Gasteiger partial charge >= 0.3 is 0 Å². The average molecular weight is 306 g/mol. The molecule has 2 N–H and O–H groups in total. The van der Waals surface area contributed by atoms with Gasteiger partial charge in [0.1, 0.15) is 10.7 Å². The van der Waals surface area contributed by atoms with Crippen LogP contribution in [-0.2, 0) is 0 Å². The highest BCUT2D eigenvalue weighted by Crippen LogP contribution is 2.36. The van der Waals surface area contributed by atoms with Crippen molar-refractivity contribution in [2.24, 2.45) is 5.73 Å². The molecule has 1 saturated carbocycles. The predicted molar refractivity (Wildman–Crippen MR) is 79.0 cm³/mol. The van der Waals surface area contributed by atoms with E-state index < -0.39 is 0 Å². The van der Waals surface area contributed by atoms with Crippen molar-refractivity contribution < 1.29 is 0 Å². The summed E-state index contributed by atoms with van der Waals surface area (Å²) in [5.41, 5.74) is 6.74. The highest BCUT2D eigenvalue weighted by Gasteiger charge is 2.26. The van der Waals surface area contributed by atoms with Gasteiger partial charge in [0.25, 0.3) is 0 Å². The lowest BCUT2D eigenvalue weighted by Crippen LogP contribution is -2.13. The van der Waals surface area contributed by atoms with Crippen LogP contribution in [-0.4, -0.2) is 24.8 Å². The van der Waals surface area contributed by atoms with Gasteiger partial charge in [-0.25, -0.2) is 4.98 Å². The van der Waals surface area contributed by atoms with Gasteiger partial charge in [0, 0.05) is 11.3 Å². The monoisotopic (exact) mass is 306 g/mol. The van der Waals surface area contributed by atoms with Crippen molar-refractivity contribution in [2.75, 3.05) is 0 Å². The van der Waals surface area contributed by atoms with E-state index in [9.17, 15) is 0 Å². The predicted octanol–water partition coefficient (Wildman–Crippen LogP) is 2.60. The van der Waals surface area contributed by atoms with Crippen LogP contribution in [0.4, 0.5) is 0 Å². The maximum Gasteiger partial charge on any atom is 0.235 e. The van der Waals surface area contributed by atoms with Crippen LogP contribution in [0.5, 0.6) is 0 Å². The van der Waals surface area contributed by atoms with E-state index in [1.807, 2.05) is 16.8 Å². The summed E-state index contributed by atoms with van der Waals surface area (Å²) in [6.45, 7) is 1.94. The van der Waals surface area contributed by atoms with Gasteiger partial charge in [-0.15, -0.1) is 21.5 Å². The number of nitrogens with two attached hydrogens (primary N) is 1. The van der Waals surface area contributed by atoms with Crippen molar-refractivity contribution in [3.63, 3.8) is 0 Å². The van der Waals surface area contributed by atoms with Gasteiger partial charge in [0.05, 0.1) is 6.04 Å². The molecular weight excluding hydrogens is 292 g/mol. The molecule has 4 rings (SSSR count). The summed E-state index contributed by atoms with van der Waals surface area (Å²) in [6, 6.07) is -0.0370. The summed E-state index contributed by atoms with van der Waals surface area (Å²) in [5.74, 6) is 1.52. The molecule has 0 aliphatic heterocycles. The number of aromatic nitrogens is 5. The van der Waals surface area contributed by atoms with Crippen molar-refractivity contribution in [3.8, 4) is 10.7 Å². The van der Waals surface area contributed by atoms with E-state index in [0.29, 0.717) is 5.92 Å². The maximum absolute atomic E-state index is 5.85. The van der Waals surface area contributed by atoms with E-state index >= 15 is 0 Å². The van der Waals surface area contributed by atoms with Crippen LogP contribution >= 0.6 is 22.7 Å². The third-order valence-corrected chi connectivity index (χ3v) is 5.58. The summed E-state index contributed by atoms with van der Waals surface area (Å²) in [5, 5.41) is 17.0. The molecule has 3 heterocycles. The Balaban J connectivity index is 1.74.